The molecule has 0 aliphatic rings. The van der Waals surface area contributed by atoms with Crippen LogP contribution in [-0.2, 0) is 30.6 Å². The van der Waals surface area contributed by atoms with Gasteiger partial charge in [0.25, 0.3) is 0 Å². The monoisotopic (exact) mass is 531 g/mol. The zero-order valence-corrected chi connectivity index (χ0v) is 23.4. The van der Waals surface area contributed by atoms with E-state index < -0.39 is 12.1 Å². The van der Waals surface area contributed by atoms with Crippen molar-refractivity contribution in [3.05, 3.63) is 0 Å². The first-order chi connectivity index (χ1) is 15.4. The summed E-state index contributed by atoms with van der Waals surface area (Å²) in [5.41, 5.74) is 11.0. The molecule has 0 saturated heterocycles. The van der Waals surface area contributed by atoms with Crippen LogP contribution in [0.25, 0.3) is 0 Å². The average molecular weight is 532 g/mol. The summed E-state index contributed by atoms with van der Waals surface area (Å²) in [6.07, 6.45) is 14.8. The van der Waals surface area contributed by atoms with E-state index in [1.807, 2.05) is 0 Å². The van der Waals surface area contributed by atoms with Crippen LogP contribution in [0.15, 0.2) is 0 Å². The molecule has 0 aromatic heterocycles. The van der Waals surface area contributed by atoms with E-state index in [2.05, 4.69) is 49.7 Å². The number of hydrogen-bond donors (Lipinski definition) is 6. The second kappa shape index (κ2) is 30.9. The number of carbonyl (C=O) groups is 2. The van der Waals surface area contributed by atoms with Gasteiger partial charge >= 0.3 is 21.0 Å². The third kappa shape index (κ3) is 28.0. The van der Waals surface area contributed by atoms with Crippen LogP contribution in [0.4, 0.5) is 0 Å². The second-order valence-corrected chi connectivity index (χ2v) is 8.43. The molecule has 6 N–H and O–H groups in total. The van der Waals surface area contributed by atoms with Gasteiger partial charge in [-0.2, -0.15) is 25.3 Å². The van der Waals surface area contributed by atoms with Crippen molar-refractivity contribution in [3.8, 4) is 0 Å². The van der Waals surface area contributed by atoms with Crippen molar-refractivity contribution in [1.29, 1.82) is 0 Å². The van der Waals surface area contributed by atoms with Crippen molar-refractivity contribution in [2.75, 3.05) is 24.6 Å². The maximum atomic E-state index is 11.2. The number of rotatable bonds is 18. The molecule has 2 amide bonds. The van der Waals surface area contributed by atoms with Crippen molar-refractivity contribution in [3.63, 3.8) is 0 Å². The molecule has 0 rings (SSSR count). The molecule has 10 heteroatoms. The van der Waals surface area contributed by atoms with E-state index >= 15 is 0 Å². The van der Waals surface area contributed by atoms with Crippen LogP contribution in [0.1, 0.15) is 90.9 Å². The van der Waals surface area contributed by atoms with Gasteiger partial charge < -0.3 is 22.1 Å². The summed E-state index contributed by atoms with van der Waals surface area (Å²) in [6.45, 7) is 5.90. The van der Waals surface area contributed by atoms with Crippen molar-refractivity contribution in [2.24, 2.45) is 11.5 Å². The number of thiol groups is 2. The van der Waals surface area contributed by atoms with Gasteiger partial charge in [0, 0.05) is 24.6 Å². The number of unbranched alkanes of at least 4 members (excludes halogenated alkanes) is 10. The Labute approximate surface area is 216 Å². The molecule has 0 heterocycles. The van der Waals surface area contributed by atoms with Gasteiger partial charge in [-0.15, -0.1) is 0 Å². The molecule has 2 atom stereocenters. The van der Waals surface area contributed by atoms with Crippen LogP contribution < -0.4 is 22.1 Å². The van der Waals surface area contributed by atoms with Gasteiger partial charge in [0.2, 0.25) is 11.8 Å². The Hall–Kier alpha value is -0.0556. The predicted molar refractivity (Wildman–Crippen MR) is 137 cm³/mol. The van der Waals surface area contributed by atoms with E-state index in [1.165, 1.54) is 64.2 Å². The topological polar surface area (TPSA) is 127 Å². The van der Waals surface area contributed by atoms with Crippen LogP contribution in [0.3, 0.4) is 0 Å². The molecule has 7 nitrogen and oxygen atoms in total. The molecular formula is C22H48N4O3S2V. The van der Waals surface area contributed by atoms with E-state index in [4.69, 9.17) is 15.1 Å². The van der Waals surface area contributed by atoms with Gasteiger partial charge in [-0.25, -0.2) is 0 Å². The number of hydrogen-bond acceptors (Lipinski definition) is 7. The summed E-state index contributed by atoms with van der Waals surface area (Å²) in [5, 5.41) is 5.62. The Kier molecular flexibility index (Phi) is 35.3. The van der Waals surface area contributed by atoms with Crippen molar-refractivity contribution >= 4 is 37.1 Å². The summed E-state index contributed by atoms with van der Waals surface area (Å²) in [7, 11) is 0. The SMILES string of the molecule is CCCCCCCCNC(=O)[C@@H](N)CS.CCCCCCCCNC(=O)[C@@H](N)CS.[O]=[V]. The third-order valence-corrected chi connectivity index (χ3v) is 5.51. The molecule has 0 aromatic rings. The Morgan fingerprint density at radius 3 is 1.22 bits per heavy atom. The van der Waals surface area contributed by atoms with Gasteiger partial charge in [0.05, 0.1) is 12.1 Å². The minimum atomic E-state index is -0.464. The molecule has 0 radical (unpaired) electrons. The molecule has 191 valence electrons. The normalized spacial score (nSPS) is 11.8. The number of nitrogens with two attached hydrogens (primary N) is 2. The number of nitrogens with one attached hydrogen (secondary N) is 2. The van der Waals surface area contributed by atoms with E-state index in [0.29, 0.717) is 11.5 Å². The summed E-state index contributed by atoms with van der Waals surface area (Å²) in [4.78, 5) is 22.4. The first-order valence-corrected chi connectivity index (χ1v) is 13.7. The zero-order chi connectivity index (χ0) is 25.0. The molecule has 0 saturated carbocycles. The second-order valence-electron chi connectivity index (χ2n) is 7.70. The van der Waals surface area contributed by atoms with Crippen LogP contribution in [0.2, 0.25) is 0 Å². The first kappa shape index (κ1) is 36.5. The van der Waals surface area contributed by atoms with Crippen LogP contribution in [0, 0.1) is 0 Å². The molecule has 0 aliphatic heterocycles. The van der Waals surface area contributed by atoms with Crippen molar-refractivity contribution in [1.82, 2.24) is 10.6 Å². The standard InChI is InChI=1S/2C11H24N2OS.O.V/c2*1-2-3-4-5-6-7-8-13-11(14)10(12)9-15;;/h2*10,15H,2-9,12H2,1H3,(H,13,14);;/t2*10-;;/m00../s1. The van der Waals surface area contributed by atoms with Crippen molar-refractivity contribution in [2.45, 2.75) is 103 Å². The fourth-order valence-corrected chi connectivity index (χ4v) is 2.99. The molecule has 0 bridgehead atoms. The quantitative estimate of drug-likeness (QED) is 0.119. The molecule has 0 spiro atoms. The van der Waals surface area contributed by atoms with E-state index in [1.54, 1.807) is 0 Å². The Bertz CT molecular complexity index is 389. The van der Waals surface area contributed by atoms with Gasteiger partial charge in [-0.3, -0.25) is 9.59 Å². The molecule has 0 aromatic carbocycles. The van der Waals surface area contributed by atoms with Gasteiger partial charge in [0.15, 0.2) is 0 Å². The summed E-state index contributed by atoms with van der Waals surface area (Å²) in [5.74, 6) is 0.641. The number of amides is 2. The van der Waals surface area contributed by atoms with E-state index in [0.717, 1.165) is 43.3 Å². The minimum absolute atomic E-state index is 0.0847. The predicted octanol–water partition coefficient (Wildman–Crippen LogP) is 3.32. The number of carbonyl (C=O) groups excluding carboxylic acids is 2. The molecule has 0 fully saturated rings. The summed E-state index contributed by atoms with van der Waals surface area (Å²) < 4.78 is 8.19. The Morgan fingerprint density at radius 1 is 0.656 bits per heavy atom. The molecular weight excluding hydrogens is 483 g/mol. The first-order valence-electron chi connectivity index (χ1n) is 11.9. The molecule has 0 unspecified atom stereocenters. The fourth-order valence-electron chi connectivity index (χ4n) is 2.66. The van der Waals surface area contributed by atoms with Crippen molar-refractivity contribution < 1.29 is 30.6 Å². The van der Waals surface area contributed by atoms with Gasteiger partial charge in [-0.1, -0.05) is 78.1 Å². The summed E-state index contributed by atoms with van der Waals surface area (Å²) in [6, 6.07) is -0.929. The van der Waals surface area contributed by atoms with Crippen LogP contribution in [0.5, 0.6) is 0 Å². The molecule has 32 heavy (non-hydrogen) atoms. The zero-order valence-electron chi connectivity index (χ0n) is 20.2. The van der Waals surface area contributed by atoms with Crippen LogP contribution in [-0.4, -0.2) is 48.5 Å². The Morgan fingerprint density at radius 2 is 0.938 bits per heavy atom. The van der Waals surface area contributed by atoms with E-state index in [-0.39, 0.29) is 11.8 Å². The molecule has 0 aliphatic carbocycles. The fraction of sp³-hybridized carbons (Fsp3) is 0.909. The average Bonchev–Trinajstić information content (AvgIpc) is 2.83. The Balaban J connectivity index is -0.000000487. The third-order valence-electron chi connectivity index (χ3n) is 4.73. The van der Waals surface area contributed by atoms with Gasteiger partial charge in [0.1, 0.15) is 0 Å². The van der Waals surface area contributed by atoms with E-state index in [9.17, 15) is 9.59 Å². The summed E-state index contributed by atoms with van der Waals surface area (Å²) >= 11 is 9.00. The van der Waals surface area contributed by atoms with Gasteiger partial charge in [-0.05, 0) is 12.8 Å². The van der Waals surface area contributed by atoms with Crippen LogP contribution >= 0.6 is 25.3 Å². The maximum absolute atomic E-state index is 11.2.